The van der Waals surface area contributed by atoms with Gasteiger partial charge in [-0.2, -0.15) is 0 Å². The van der Waals surface area contributed by atoms with Gasteiger partial charge in [0.05, 0.1) is 12.3 Å². The molecule has 0 saturated heterocycles. The highest BCUT2D eigenvalue weighted by atomic mass is 32.2. The van der Waals surface area contributed by atoms with Gasteiger partial charge in [-0.3, -0.25) is 0 Å². The van der Waals surface area contributed by atoms with Gasteiger partial charge >= 0.3 is 0 Å². The van der Waals surface area contributed by atoms with E-state index in [4.69, 9.17) is 0 Å². The Morgan fingerprint density at radius 1 is 1.09 bits per heavy atom. The summed E-state index contributed by atoms with van der Waals surface area (Å²) in [6, 6.07) is 10.0. The maximum atomic E-state index is 11.3. The second kappa shape index (κ2) is 10.2. The Morgan fingerprint density at radius 3 is 2.45 bits per heavy atom. The van der Waals surface area contributed by atoms with Crippen LogP contribution in [0, 0.1) is 0 Å². The van der Waals surface area contributed by atoms with Gasteiger partial charge in [0.1, 0.15) is 0 Å². The highest BCUT2D eigenvalue weighted by molar-refractivity contribution is 7.89. The number of aliphatic imine (C=N–C) groups is 1. The summed E-state index contributed by atoms with van der Waals surface area (Å²) in [5.74, 6) is 0.853. The molecule has 0 aliphatic heterocycles. The van der Waals surface area contributed by atoms with Gasteiger partial charge in [-0.1, -0.05) is 30.3 Å². The largest absolute Gasteiger partial charge is 0.357 e. The van der Waals surface area contributed by atoms with Gasteiger partial charge in [0.2, 0.25) is 10.0 Å². The summed E-state index contributed by atoms with van der Waals surface area (Å²) in [5, 5.41) is 6.37. The predicted molar refractivity (Wildman–Crippen MR) is 91.3 cm³/mol. The van der Waals surface area contributed by atoms with E-state index >= 15 is 0 Å². The highest BCUT2D eigenvalue weighted by Crippen LogP contribution is 1.99. The molecule has 22 heavy (non-hydrogen) atoms. The second-order valence-corrected chi connectivity index (χ2v) is 6.85. The number of nitrogens with one attached hydrogen (secondary N) is 3. The van der Waals surface area contributed by atoms with E-state index in [0.717, 1.165) is 18.1 Å². The fraction of sp³-hybridized carbons (Fsp3) is 0.533. The molecule has 0 unspecified atom stereocenters. The third kappa shape index (κ3) is 7.99. The van der Waals surface area contributed by atoms with Crippen LogP contribution in [-0.2, 0) is 16.6 Å². The Balaban J connectivity index is 2.35. The molecule has 1 aromatic rings. The van der Waals surface area contributed by atoms with Crippen LogP contribution in [0.1, 0.15) is 25.8 Å². The fourth-order valence-electron chi connectivity index (χ4n) is 1.72. The summed E-state index contributed by atoms with van der Waals surface area (Å²) in [5.41, 5.74) is 1.15. The molecule has 0 bridgehead atoms. The van der Waals surface area contributed by atoms with Gasteiger partial charge in [0.15, 0.2) is 5.96 Å². The molecule has 0 heterocycles. The van der Waals surface area contributed by atoms with E-state index in [-0.39, 0.29) is 5.75 Å². The van der Waals surface area contributed by atoms with Crippen molar-refractivity contribution in [2.24, 2.45) is 4.99 Å². The van der Waals surface area contributed by atoms with Crippen LogP contribution in [-0.4, -0.2) is 39.8 Å². The number of rotatable bonds is 9. The third-order valence-electron chi connectivity index (χ3n) is 2.95. The van der Waals surface area contributed by atoms with Crippen molar-refractivity contribution in [2.75, 3.05) is 25.4 Å². The molecule has 0 aliphatic rings. The molecule has 1 rings (SSSR count). The lowest BCUT2D eigenvalue weighted by Crippen LogP contribution is -2.38. The summed E-state index contributed by atoms with van der Waals surface area (Å²) in [6.45, 7) is 6.12. The van der Waals surface area contributed by atoms with Crippen molar-refractivity contribution in [2.45, 2.75) is 26.8 Å². The highest BCUT2D eigenvalue weighted by Gasteiger charge is 2.04. The van der Waals surface area contributed by atoms with E-state index in [0.29, 0.717) is 26.1 Å². The van der Waals surface area contributed by atoms with Crippen LogP contribution in [0.5, 0.6) is 0 Å². The minimum atomic E-state index is -3.10. The molecule has 6 nitrogen and oxygen atoms in total. The minimum absolute atomic E-state index is 0.113. The summed E-state index contributed by atoms with van der Waals surface area (Å²) in [6.07, 6.45) is 0.703. The predicted octanol–water partition coefficient (Wildman–Crippen LogP) is 1.07. The summed E-state index contributed by atoms with van der Waals surface area (Å²) in [4.78, 5) is 4.50. The Morgan fingerprint density at radius 2 is 1.82 bits per heavy atom. The van der Waals surface area contributed by atoms with E-state index < -0.39 is 10.0 Å². The molecule has 124 valence electrons. The van der Waals surface area contributed by atoms with Crippen LogP contribution >= 0.6 is 0 Å². The monoisotopic (exact) mass is 326 g/mol. The molecule has 0 saturated carbocycles. The van der Waals surface area contributed by atoms with Crippen molar-refractivity contribution < 1.29 is 8.42 Å². The van der Waals surface area contributed by atoms with Crippen molar-refractivity contribution in [1.29, 1.82) is 0 Å². The van der Waals surface area contributed by atoms with Crippen LogP contribution in [0.3, 0.4) is 0 Å². The molecule has 3 N–H and O–H groups in total. The first-order valence-corrected chi connectivity index (χ1v) is 9.26. The third-order valence-corrected chi connectivity index (χ3v) is 4.36. The molecule has 0 spiro atoms. The number of benzene rings is 1. The van der Waals surface area contributed by atoms with Gasteiger partial charge < -0.3 is 10.6 Å². The average Bonchev–Trinajstić information content (AvgIpc) is 2.53. The molecule has 0 amide bonds. The minimum Gasteiger partial charge on any atom is -0.357 e. The summed E-state index contributed by atoms with van der Waals surface area (Å²) < 4.78 is 25.1. The normalized spacial score (nSPS) is 12.2. The van der Waals surface area contributed by atoms with E-state index in [1.54, 1.807) is 6.92 Å². The van der Waals surface area contributed by atoms with Crippen LogP contribution in [0.15, 0.2) is 35.3 Å². The molecule has 0 fully saturated rings. The zero-order chi connectivity index (χ0) is 16.3. The Bertz CT molecular complexity index is 544. The van der Waals surface area contributed by atoms with Gasteiger partial charge in [0, 0.05) is 19.6 Å². The lowest BCUT2D eigenvalue weighted by atomic mass is 10.2. The van der Waals surface area contributed by atoms with Crippen LogP contribution in [0.2, 0.25) is 0 Å². The molecule has 0 aliphatic carbocycles. The van der Waals surface area contributed by atoms with E-state index in [1.807, 2.05) is 37.3 Å². The molecular weight excluding hydrogens is 300 g/mol. The van der Waals surface area contributed by atoms with Crippen LogP contribution in [0.25, 0.3) is 0 Å². The number of guanidine groups is 1. The van der Waals surface area contributed by atoms with Gasteiger partial charge in [-0.05, 0) is 25.8 Å². The fourth-order valence-corrected chi connectivity index (χ4v) is 2.38. The summed E-state index contributed by atoms with van der Waals surface area (Å²) >= 11 is 0. The molecular formula is C15H26N4O2S. The smallest absolute Gasteiger partial charge is 0.211 e. The van der Waals surface area contributed by atoms with Crippen molar-refractivity contribution >= 4 is 16.0 Å². The van der Waals surface area contributed by atoms with Gasteiger partial charge in [-0.15, -0.1) is 0 Å². The van der Waals surface area contributed by atoms with Gasteiger partial charge in [-0.25, -0.2) is 18.1 Å². The maximum absolute atomic E-state index is 11.3. The van der Waals surface area contributed by atoms with E-state index in [2.05, 4.69) is 20.3 Å². The quantitative estimate of drug-likeness (QED) is 0.360. The number of hydrogen-bond acceptors (Lipinski definition) is 3. The first-order chi connectivity index (χ1) is 10.6. The summed E-state index contributed by atoms with van der Waals surface area (Å²) in [7, 11) is -3.10. The lowest BCUT2D eigenvalue weighted by Gasteiger charge is -2.11. The Labute approximate surface area is 133 Å². The van der Waals surface area contributed by atoms with Crippen LogP contribution < -0.4 is 15.4 Å². The van der Waals surface area contributed by atoms with Crippen molar-refractivity contribution in [3.8, 4) is 0 Å². The van der Waals surface area contributed by atoms with E-state index in [9.17, 15) is 8.42 Å². The van der Waals surface area contributed by atoms with Crippen molar-refractivity contribution in [1.82, 2.24) is 15.4 Å². The number of hydrogen-bond donors (Lipinski definition) is 3. The average molecular weight is 326 g/mol. The van der Waals surface area contributed by atoms with Gasteiger partial charge in [0.25, 0.3) is 0 Å². The number of nitrogens with zero attached hydrogens (tertiary/aromatic N) is 1. The number of sulfonamides is 1. The molecule has 0 atom stereocenters. The zero-order valence-electron chi connectivity index (χ0n) is 13.3. The molecule has 7 heteroatoms. The van der Waals surface area contributed by atoms with E-state index in [1.165, 1.54) is 0 Å². The molecule has 0 aromatic heterocycles. The first kappa shape index (κ1) is 18.4. The lowest BCUT2D eigenvalue weighted by molar-refractivity contribution is 0.579. The maximum Gasteiger partial charge on any atom is 0.211 e. The standard InChI is InChI=1S/C15H26N4O2S/c1-3-16-15(18-13-14-9-6-5-7-10-14)17-11-8-12-19-22(20,21)4-2/h5-7,9-10,19H,3-4,8,11-13H2,1-2H3,(H2,16,17,18). The molecule has 1 aromatic carbocycles. The first-order valence-electron chi connectivity index (χ1n) is 7.61. The topological polar surface area (TPSA) is 82.6 Å². The van der Waals surface area contributed by atoms with Crippen molar-refractivity contribution in [3.63, 3.8) is 0 Å². The zero-order valence-corrected chi connectivity index (χ0v) is 14.1. The van der Waals surface area contributed by atoms with Crippen molar-refractivity contribution in [3.05, 3.63) is 35.9 Å². The van der Waals surface area contributed by atoms with Crippen LogP contribution in [0.4, 0.5) is 0 Å². The second-order valence-electron chi connectivity index (χ2n) is 4.76. The Kier molecular flexibility index (Phi) is 8.54. The molecule has 0 radical (unpaired) electrons. The SMILES string of the molecule is CCNC(=NCc1ccccc1)NCCCNS(=O)(=O)CC. The Hall–Kier alpha value is -1.60.